The van der Waals surface area contributed by atoms with Crippen molar-refractivity contribution in [2.24, 2.45) is 5.73 Å². The predicted octanol–water partition coefficient (Wildman–Crippen LogP) is 2.32. The van der Waals surface area contributed by atoms with Crippen LogP contribution in [0, 0.1) is 0 Å². The molecule has 0 saturated heterocycles. The first kappa shape index (κ1) is 16.7. The molecule has 8 heteroatoms. The molecular formula is C16H15Cl2N5O. The number of hydrogen-bond acceptors (Lipinski definition) is 4. The van der Waals surface area contributed by atoms with Crippen LogP contribution in [0.5, 0.6) is 0 Å². The van der Waals surface area contributed by atoms with Crippen LogP contribution in [0.25, 0.3) is 5.65 Å². The van der Waals surface area contributed by atoms with Crippen LogP contribution < -0.4 is 11.1 Å². The van der Waals surface area contributed by atoms with E-state index in [0.29, 0.717) is 40.8 Å². The van der Waals surface area contributed by atoms with Gasteiger partial charge >= 0.3 is 0 Å². The first-order valence-corrected chi connectivity index (χ1v) is 8.08. The molecule has 1 aromatic carbocycles. The van der Waals surface area contributed by atoms with Gasteiger partial charge in [-0.1, -0.05) is 29.3 Å². The first-order chi connectivity index (χ1) is 11.6. The normalized spacial score (nSPS) is 11.0. The average molecular weight is 364 g/mol. The molecule has 124 valence electrons. The van der Waals surface area contributed by atoms with Crippen molar-refractivity contribution < 1.29 is 4.79 Å². The Bertz CT molecular complexity index is 893. The van der Waals surface area contributed by atoms with Gasteiger partial charge in [0, 0.05) is 31.9 Å². The van der Waals surface area contributed by atoms with Crippen LogP contribution in [-0.4, -0.2) is 33.6 Å². The minimum absolute atomic E-state index is 0.236. The Balaban J connectivity index is 1.84. The number of halogens is 2. The topological polar surface area (TPSA) is 85.3 Å². The van der Waals surface area contributed by atoms with Crippen molar-refractivity contribution in [3.63, 3.8) is 0 Å². The number of nitrogens with two attached hydrogens (primary N) is 1. The third-order valence-corrected chi connectivity index (χ3v) is 4.22. The fourth-order valence-corrected chi connectivity index (χ4v) is 2.65. The van der Waals surface area contributed by atoms with Crippen LogP contribution in [0.15, 0.2) is 36.8 Å². The number of amides is 1. The maximum Gasteiger partial charge on any atom is 0.256 e. The molecular weight excluding hydrogens is 349 g/mol. The van der Waals surface area contributed by atoms with Gasteiger partial charge in [0.15, 0.2) is 5.65 Å². The quantitative estimate of drug-likeness (QED) is 0.728. The Morgan fingerprint density at radius 3 is 2.79 bits per heavy atom. The van der Waals surface area contributed by atoms with Crippen molar-refractivity contribution in [2.45, 2.75) is 6.42 Å². The van der Waals surface area contributed by atoms with Crippen molar-refractivity contribution in [1.29, 1.82) is 0 Å². The number of aromatic nitrogens is 3. The summed E-state index contributed by atoms with van der Waals surface area (Å²) in [5.41, 5.74) is 8.27. The molecule has 0 fully saturated rings. The summed E-state index contributed by atoms with van der Waals surface area (Å²) in [5, 5.41) is 7.94. The van der Waals surface area contributed by atoms with Gasteiger partial charge in [0.1, 0.15) is 5.56 Å². The molecule has 0 aliphatic heterocycles. The van der Waals surface area contributed by atoms with Gasteiger partial charge in [0.05, 0.1) is 16.2 Å². The van der Waals surface area contributed by atoms with E-state index in [0.717, 1.165) is 11.1 Å². The second kappa shape index (κ2) is 7.17. The van der Waals surface area contributed by atoms with Gasteiger partial charge in [-0.25, -0.2) is 9.50 Å². The molecule has 0 saturated carbocycles. The highest BCUT2D eigenvalue weighted by Crippen LogP contribution is 2.24. The van der Waals surface area contributed by atoms with Gasteiger partial charge in [0.2, 0.25) is 0 Å². The summed E-state index contributed by atoms with van der Waals surface area (Å²) in [6.45, 7) is 0.789. The zero-order valence-electron chi connectivity index (χ0n) is 12.7. The van der Waals surface area contributed by atoms with Crippen molar-refractivity contribution in [1.82, 2.24) is 19.9 Å². The lowest BCUT2D eigenvalue weighted by atomic mass is 10.1. The number of rotatable bonds is 5. The van der Waals surface area contributed by atoms with Gasteiger partial charge in [0.25, 0.3) is 5.91 Å². The third kappa shape index (κ3) is 3.51. The number of nitrogens with one attached hydrogen (secondary N) is 1. The zero-order chi connectivity index (χ0) is 17.1. The largest absolute Gasteiger partial charge is 0.351 e. The molecule has 0 spiro atoms. The predicted molar refractivity (Wildman–Crippen MR) is 93.6 cm³/mol. The molecule has 0 unspecified atom stereocenters. The summed E-state index contributed by atoms with van der Waals surface area (Å²) in [7, 11) is 0. The summed E-state index contributed by atoms with van der Waals surface area (Å²) in [4.78, 5) is 16.4. The van der Waals surface area contributed by atoms with Gasteiger partial charge in [-0.3, -0.25) is 4.79 Å². The number of benzene rings is 1. The van der Waals surface area contributed by atoms with Gasteiger partial charge in [-0.2, -0.15) is 5.10 Å². The highest BCUT2D eigenvalue weighted by molar-refractivity contribution is 6.42. The molecule has 6 nitrogen and oxygen atoms in total. The summed E-state index contributed by atoms with van der Waals surface area (Å²) in [5.74, 6) is -0.236. The fraction of sp³-hybridized carbons (Fsp3) is 0.188. The van der Waals surface area contributed by atoms with Crippen molar-refractivity contribution >= 4 is 34.8 Å². The minimum atomic E-state index is -0.236. The second-order valence-electron chi connectivity index (χ2n) is 5.26. The smallest absolute Gasteiger partial charge is 0.256 e. The average Bonchev–Trinajstić information content (AvgIpc) is 2.99. The number of fused-ring (bicyclic) bond motifs is 1. The van der Waals surface area contributed by atoms with Gasteiger partial charge < -0.3 is 11.1 Å². The van der Waals surface area contributed by atoms with E-state index in [2.05, 4.69) is 15.4 Å². The van der Waals surface area contributed by atoms with Crippen LogP contribution in [0.1, 0.15) is 21.5 Å². The first-order valence-electron chi connectivity index (χ1n) is 7.33. The van der Waals surface area contributed by atoms with E-state index < -0.39 is 0 Å². The number of nitrogens with zero attached hydrogens (tertiary/aromatic N) is 3. The van der Waals surface area contributed by atoms with Crippen molar-refractivity contribution in [2.75, 3.05) is 13.1 Å². The third-order valence-electron chi connectivity index (χ3n) is 3.48. The van der Waals surface area contributed by atoms with Gasteiger partial charge in [-0.15, -0.1) is 0 Å². The molecule has 0 aliphatic carbocycles. The van der Waals surface area contributed by atoms with Crippen LogP contribution in [0.3, 0.4) is 0 Å². The number of hydrogen-bond donors (Lipinski definition) is 2. The Labute approximate surface area is 148 Å². The van der Waals surface area contributed by atoms with Crippen LogP contribution in [-0.2, 0) is 6.42 Å². The van der Waals surface area contributed by atoms with Crippen molar-refractivity contribution in [3.05, 3.63) is 63.5 Å². The summed E-state index contributed by atoms with van der Waals surface area (Å²) in [6, 6.07) is 5.50. The molecule has 2 aromatic heterocycles. The lowest BCUT2D eigenvalue weighted by Gasteiger charge is -2.05. The van der Waals surface area contributed by atoms with Gasteiger partial charge in [-0.05, 0) is 23.3 Å². The van der Waals surface area contributed by atoms with E-state index in [9.17, 15) is 4.79 Å². The van der Waals surface area contributed by atoms with Crippen LogP contribution in [0.2, 0.25) is 10.0 Å². The second-order valence-corrected chi connectivity index (χ2v) is 6.07. The van der Waals surface area contributed by atoms with Crippen LogP contribution >= 0.6 is 23.2 Å². The molecule has 0 radical (unpaired) electrons. The molecule has 0 aliphatic rings. The highest BCUT2D eigenvalue weighted by Gasteiger charge is 2.13. The Kier molecular flexibility index (Phi) is 4.99. The number of carbonyl (C=O) groups excluding carboxylic acids is 1. The lowest BCUT2D eigenvalue weighted by Crippen LogP contribution is -2.28. The highest BCUT2D eigenvalue weighted by atomic mass is 35.5. The van der Waals surface area contributed by atoms with Crippen molar-refractivity contribution in [3.8, 4) is 0 Å². The van der Waals surface area contributed by atoms with E-state index >= 15 is 0 Å². The SMILES string of the molecule is NCCNC(=O)c1cnn2cc(Cc3ccc(Cl)c(Cl)c3)cnc12. The number of carbonyl (C=O) groups is 1. The molecule has 3 N–H and O–H groups in total. The summed E-state index contributed by atoms with van der Waals surface area (Å²) >= 11 is 12.0. The minimum Gasteiger partial charge on any atom is -0.351 e. The van der Waals surface area contributed by atoms with E-state index in [-0.39, 0.29) is 5.91 Å². The summed E-state index contributed by atoms with van der Waals surface area (Å²) in [6.07, 6.45) is 5.69. The fourth-order valence-electron chi connectivity index (χ4n) is 2.33. The Morgan fingerprint density at radius 2 is 2.04 bits per heavy atom. The molecule has 24 heavy (non-hydrogen) atoms. The monoisotopic (exact) mass is 363 g/mol. The van der Waals surface area contributed by atoms with E-state index in [1.807, 2.05) is 18.3 Å². The maximum absolute atomic E-state index is 12.0. The van der Waals surface area contributed by atoms with Crippen LogP contribution in [0.4, 0.5) is 0 Å². The Morgan fingerprint density at radius 1 is 1.21 bits per heavy atom. The maximum atomic E-state index is 12.0. The van der Waals surface area contributed by atoms with E-state index in [4.69, 9.17) is 28.9 Å². The molecule has 1 amide bonds. The van der Waals surface area contributed by atoms with E-state index in [1.54, 1.807) is 16.8 Å². The zero-order valence-corrected chi connectivity index (χ0v) is 14.2. The Hall–Kier alpha value is -2.15. The molecule has 0 atom stereocenters. The molecule has 3 rings (SSSR count). The molecule has 2 heterocycles. The van der Waals surface area contributed by atoms with E-state index in [1.165, 1.54) is 6.20 Å². The molecule has 0 bridgehead atoms. The standard InChI is InChI=1S/C16H15Cl2N5O/c17-13-2-1-10(6-14(13)18)5-11-7-21-15-12(8-22-23(15)9-11)16(24)20-4-3-19/h1-2,6-9H,3-5,19H2,(H,20,24). The lowest BCUT2D eigenvalue weighted by molar-refractivity contribution is 0.0956. The summed E-state index contributed by atoms with van der Waals surface area (Å²) < 4.78 is 1.59. The molecule has 3 aromatic rings.